The van der Waals surface area contributed by atoms with Crippen LogP contribution in [0.5, 0.6) is 0 Å². The lowest BCUT2D eigenvalue weighted by molar-refractivity contribution is -0.140. The minimum absolute atomic E-state index is 0.0883. The molecule has 7 nitrogen and oxygen atoms in total. The average Bonchev–Trinajstić information content (AvgIpc) is 2.68. The van der Waals surface area contributed by atoms with Crippen molar-refractivity contribution < 1.29 is 24.5 Å². The summed E-state index contributed by atoms with van der Waals surface area (Å²) >= 11 is 0. The lowest BCUT2D eigenvalue weighted by atomic mass is 9.78. The number of carboxylic acid groups (broad SMARTS) is 2. The van der Waals surface area contributed by atoms with E-state index in [9.17, 15) is 19.8 Å². The minimum Gasteiger partial charge on any atom is -0.481 e. The van der Waals surface area contributed by atoms with Gasteiger partial charge < -0.3 is 20.7 Å². The third-order valence-corrected chi connectivity index (χ3v) is 4.58. The van der Waals surface area contributed by atoms with Gasteiger partial charge >= 0.3 is 11.9 Å². The van der Waals surface area contributed by atoms with E-state index in [1.807, 2.05) is 42.5 Å². The second-order valence-corrected chi connectivity index (χ2v) is 6.27. The van der Waals surface area contributed by atoms with Crippen LogP contribution in [0.3, 0.4) is 0 Å². The van der Waals surface area contributed by atoms with Crippen molar-refractivity contribution in [2.75, 3.05) is 6.61 Å². The zero-order valence-corrected chi connectivity index (χ0v) is 15.2. The first-order chi connectivity index (χ1) is 13.4. The molecule has 7 heteroatoms. The molecule has 0 spiro atoms. The summed E-state index contributed by atoms with van der Waals surface area (Å²) in [6.45, 7) is 1.88. The van der Waals surface area contributed by atoms with Gasteiger partial charge in [-0.25, -0.2) is 4.79 Å². The smallest absolute Gasteiger partial charge is 0.335 e. The van der Waals surface area contributed by atoms with Crippen LogP contribution in [0.2, 0.25) is 0 Å². The number of hydrogen-bond acceptors (Lipinski definition) is 5. The van der Waals surface area contributed by atoms with Crippen LogP contribution in [0.4, 0.5) is 0 Å². The van der Waals surface area contributed by atoms with Gasteiger partial charge in [-0.1, -0.05) is 54.6 Å². The zero-order chi connectivity index (χ0) is 20.3. The minimum atomic E-state index is -1.31. The van der Waals surface area contributed by atoms with E-state index in [4.69, 9.17) is 10.5 Å². The number of ether oxygens (including phenoxy) is 1. The van der Waals surface area contributed by atoms with E-state index in [0.717, 1.165) is 11.1 Å². The molecule has 2 aromatic rings. The summed E-state index contributed by atoms with van der Waals surface area (Å²) in [6.07, 6.45) is 0. The molecule has 1 heterocycles. The number of nitrogens with two attached hydrogens (primary N) is 1. The number of hydrogen-bond donors (Lipinski definition) is 3. The molecule has 4 N–H and O–H groups in total. The standard InChI is InChI=1S/C21H20N2O5/c1-2-28-19-17(21(26)27)15(16(20(24)25)18(22)23-19)14-10-8-13(9-11-14)12-6-4-3-5-7-12/h3-11,15,17H,2,22H2,1H3,(H,24,25)(H,26,27). The Morgan fingerprint density at radius 3 is 2.18 bits per heavy atom. The molecule has 0 fully saturated rings. The molecule has 0 amide bonds. The SMILES string of the molecule is CCOC1=NC(N)=C(C(=O)O)C(c2ccc(-c3ccccc3)cc2)C1C(=O)O. The number of carbonyl (C=O) groups is 2. The van der Waals surface area contributed by atoms with Crippen LogP contribution >= 0.6 is 0 Å². The van der Waals surface area contributed by atoms with Crippen molar-refractivity contribution in [1.29, 1.82) is 0 Å². The van der Waals surface area contributed by atoms with E-state index in [0.29, 0.717) is 5.56 Å². The van der Waals surface area contributed by atoms with Crippen molar-refractivity contribution in [3.63, 3.8) is 0 Å². The van der Waals surface area contributed by atoms with Gasteiger partial charge in [0.05, 0.1) is 12.2 Å². The first-order valence-corrected chi connectivity index (χ1v) is 8.76. The number of carboxylic acids is 2. The molecule has 0 saturated heterocycles. The van der Waals surface area contributed by atoms with Crippen LogP contribution in [0, 0.1) is 5.92 Å². The van der Waals surface area contributed by atoms with E-state index in [-0.39, 0.29) is 23.9 Å². The van der Waals surface area contributed by atoms with E-state index < -0.39 is 23.8 Å². The van der Waals surface area contributed by atoms with Crippen molar-refractivity contribution in [1.82, 2.24) is 0 Å². The monoisotopic (exact) mass is 380 g/mol. The molecule has 0 bridgehead atoms. The summed E-state index contributed by atoms with van der Waals surface area (Å²) in [5.41, 5.74) is 8.04. The van der Waals surface area contributed by atoms with Gasteiger partial charge in [0.15, 0.2) is 0 Å². The van der Waals surface area contributed by atoms with Gasteiger partial charge in [0.25, 0.3) is 0 Å². The predicted molar refractivity (Wildman–Crippen MR) is 104 cm³/mol. The quantitative estimate of drug-likeness (QED) is 0.733. The third-order valence-electron chi connectivity index (χ3n) is 4.58. The third kappa shape index (κ3) is 3.59. The Labute approximate surface area is 161 Å². The predicted octanol–water partition coefficient (Wildman–Crippen LogP) is 2.84. The van der Waals surface area contributed by atoms with Gasteiger partial charge in [0.1, 0.15) is 11.7 Å². The Morgan fingerprint density at radius 2 is 1.64 bits per heavy atom. The summed E-state index contributed by atoms with van der Waals surface area (Å²) in [7, 11) is 0. The molecule has 0 saturated carbocycles. The highest BCUT2D eigenvalue weighted by Gasteiger charge is 2.44. The van der Waals surface area contributed by atoms with Crippen LogP contribution in [0.15, 0.2) is 71.0 Å². The van der Waals surface area contributed by atoms with Crippen molar-refractivity contribution in [3.8, 4) is 11.1 Å². The van der Waals surface area contributed by atoms with Crippen molar-refractivity contribution in [3.05, 3.63) is 71.6 Å². The summed E-state index contributed by atoms with van der Waals surface area (Å²) in [5.74, 6) is -5.16. The molecule has 2 aromatic carbocycles. The largest absolute Gasteiger partial charge is 0.481 e. The fourth-order valence-corrected chi connectivity index (χ4v) is 3.35. The highest BCUT2D eigenvalue weighted by atomic mass is 16.5. The number of rotatable bonds is 5. The Morgan fingerprint density at radius 1 is 1.04 bits per heavy atom. The van der Waals surface area contributed by atoms with Gasteiger partial charge in [-0.3, -0.25) is 4.79 Å². The molecular weight excluding hydrogens is 360 g/mol. The van der Waals surface area contributed by atoms with E-state index in [2.05, 4.69) is 4.99 Å². The summed E-state index contributed by atoms with van der Waals surface area (Å²) < 4.78 is 5.36. The van der Waals surface area contributed by atoms with E-state index >= 15 is 0 Å². The van der Waals surface area contributed by atoms with Crippen molar-refractivity contribution in [2.45, 2.75) is 12.8 Å². The highest BCUT2D eigenvalue weighted by molar-refractivity contribution is 6.03. The summed E-state index contributed by atoms with van der Waals surface area (Å²) in [6, 6.07) is 16.7. The molecule has 28 heavy (non-hydrogen) atoms. The van der Waals surface area contributed by atoms with Gasteiger partial charge in [-0.05, 0) is 23.6 Å². The van der Waals surface area contributed by atoms with Crippen LogP contribution in [-0.2, 0) is 14.3 Å². The fraction of sp³-hybridized carbons (Fsp3) is 0.190. The fourth-order valence-electron chi connectivity index (χ4n) is 3.35. The number of aliphatic carboxylic acids is 2. The van der Waals surface area contributed by atoms with Crippen LogP contribution in [0.25, 0.3) is 11.1 Å². The molecule has 2 atom stereocenters. The zero-order valence-electron chi connectivity index (χ0n) is 15.2. The van der Waals surface area contributed by atoms with Gasteiger partial charge in [0.2, 0.25) is 5.90 Å². The number of nitrogens with zero attached hydrogens (tertiary/aromatic N) is 1. The van der Waals surface area contributed by atoms with Crippen LogP contribution in [-0.4, -0.2) is 34.7 Å². The van der Waals surface area contributed by atoms with Crippen LogP contribution < -0.4 is 5.73 Å². The normalized spacial score (nSPS) is 19.1. The lowest BCUT2D eigenvalue weighted by Gasteiger charge is -2.29. The van der Waals surface area contributed by atoms with E-state index in [1.54, 1.807) is 19.1 Å². The first-order valence-electron chi connectivity index (χ1n) is 8.76. The molecular formula is C21H20N2O5. The maximum absolute atomic E-state index is 12.0. The number of aliphatic imine (C=N–C) groups is 1. The second kappa shape index (κ2) is 7.96. The first kappa shape index (κ1) is 19.2. The molecule has 1 aliphatic heterocycles. The highest BCUT2D eigenvalue weighted by Crippen LogP contribution is 2.39. The summed E-state index contributed by atoms with van der Waals surface area (Å²) in [5, 5.41) is 19.4. The van der Waals surface area contributed by atoms with Crippen molar-refractivity contribution in [2.24, 2.45) is 16.6 Å². The van der Waals surface area contributed by atoms with Crippen molar-refractivity contribution >= 4 is 17.8 Å². The van der Waals surface area contributed by atoms with Gasteiger partial charge in [-0.15, -0.1) is 0 Å². The van der Waals surface area contributed by atoms with E-state index in [1.165, 1.54) is 0 Å². The molecule has 0 aromatic heterocycles. The molecule has 0 radical (unpaired) electrons. The summed E-state index contributed by atoms with van der Waals surface area (Å²) in [4.78, 5) is 27.7. The molecule has 3 rings (SSSR count). The molecule has 1 aliphatic rings. The Balaban J connectivity index is 2.09. The molecule has 2 unspecified atom stereocenters. The van der Waals surface area contributed by atoms with Gasteiger partial charge in [-0.2, -0.15) is 4.99 Å². The molecule has 144 valence electrons. The van der Waals surface area contributed by atoms with Gasteiger partial charge in [0, 0.05) is 5.92 Å². The second-order valence-electron chi connectivity index (χ2n) is 6.27. The lowest BCUT2D eigenvalue weighted by Crippen LogP contribution is -2.38. The Bertz CT molecular complexity index is 949. The molecule has 0 aliphatic carbocycles. The Kier molecular flexibility index (Phi) is 5.44. The topological polar surface area (TPSA) is 122 Å². The Hall–Kier alpha value is -3.61. The average molecular weight is 380 g/mol. The maximum Gasteiger partial charge on any atom is 0.335 e. The maximum atomic E-state index is 12.0. The number of benzene rings is 2. The van der Waals surface area contributed by atoms with Crippen LogP contribution in [0.1, 0.15) is 18.4 Å².